The molecule has 0 aromatic carbocycles. The lowest BCUT2D eigenvalue weighted by Gasteiger charge is -2.24. The Morgan fingerprint density at radius 2 is 1.61 bits per heavy atom. The first-order valence-corrected chi connectivity index (χ1v) is 9.55. The smallest absolute Gasteiger partial charge is 0.308 e. The molecule has 0 amide bonds. The summed E-state index contributed by atoms with van der Waals surface area (Å²) in [5, 5.41) is 20.1. The summed E-state index contributed by atoms with van der Waals surface area (Å²) in [7, 11) is 0. The zero-order valence-electron chi connectivity index (χ0n) is 17.9. The molecule has 0 bridgehead atoms. The van der Waals surface area contributed by atoms with Crippen molar-refractivity contribution in [1.29, 1.82) is 0 Å². The molecule has 0 heterocycles. The van der Waals surface area contributed by atoms with Gasteiger partial charge in [0.15, 0.2) is 0 Å². The number of carbonyl (C=O) groups is 2. The van der Waals surface area contributed by atoms with Gasteiger partial charge < -0.3 is 19.7 Å². The van der Waals surface area contributed by atoms with E-state index in [1.165, 1.54) is 32.4 Å². The van der Waals surface area contributed by atoms with Crippen molar-refractivity contribution < 1.29 is 29.3 Å². The van der Waals surface area contributed by atoms with Gasteiger partial charge in [-0.15, -0.1) is 6.58 Å². The van der Waals surface area contributed by atoms with Gasteiger partial charge in [-0.05, 0) is 59.0 Å². The van der Waals surface area contributed by atoms with Gasteiger partial charge in [-0.2, -0.15) is 0 Å². The van der Waals surface area contributed by atoms with E-state index in [1.54, 1.807) is 0 Å². The fraction of sp³-hybridized carbons (Fsp3) is 0.636. The molecule has 0 aromatic heterocycles. The topological polar surface area (TPSA) is 93.1 Å². The number of hydrogen-bond acceptors (Lipinski definition) is 6. The molecule has 0 fully saturated rings. The van der Waals surface area contributed by atoms with E-state index in [9.17, 15) is 19.8 Å². The molecule has 160 valence electrons. The van der Waals surface area contributed by atoms with Crippen LogP contribution in [0.1, 0.15) is 66.7 Å². The average molecular weight is 397 g/mol. The van der Waals surface area contributed by atoms with E-state index in [4.69, 9.17) is 9.47 Å². The van der Waals surface area contributed by atoms with Crippen LogP contribution >= 0.6 is 0 Å². The summed E-state index contributed by atoms with van der Waals surface area (Å²) in [6.07, 6.45) is 8.04. The molecule has 0 aromatic rings. The van der Waals surface area contributed by atoms with Crippen molar-refractivity contribution in [2.75, 3.05) is 13.2 Å². The average Bonchev–Trinajstić information content (AvgIpc) is 2.56. The van der Waals surface area contributed by atoms with Crippen molar-refractivity contribution in [3.8, 4) is 0 Å². The summed E-state index contributed by atoms with van der Waals surface area (Å²) in [5.41, 5.74) is -0.250. The number of carbonyl (C=O) groups excluding carboxylic acids is 2. The summed E-state index contributed by atoms with van der Waals surface area (Å²) in [5.74, 6) is -0.848. The molecule has 0 aliphatic heterocycles. The van der Waals surface area contributed by atoms with Crippen molar-refractivity contribution in [3.05, 3.63) is 36.0 Å². The fourth-order valence-electron chi connectivity index (χ4n) is 2.33. The van der Waals surface area contributed by atoms with Crippen LogP contribution < -0.4 is 0 Å². The Kier molecular flexibility index (Phi) is 11.7. The molecule has 28 heavy (non-hydrogen) atoms. The molecule has 0 spiro atoms. The van der Waals surface area contributed by atoms with Crippen LogP contribution in [0.4, 0.5) is 0 Å². The predicted octanol–water partition coefficient (Wildman–Crippen LogP) is 3.62. The molecule has 6 nitrogen and oxygen atoms in total. The van der Waals surface area contributed by atoms with Crippen molar-refractivity contribution in [2.24, 2.45) is 0 Å². The van der Waals surface area contributed by atoms with Gasteiger partial charge in [0.05, 0.1) is 12.0 Å². The Balaban J connectivity index is 4.35. The third-order valence-corrected chi connectivity index (χ3v) is 4.04. The minimum absolute atomic E-state index is 0.135. The Hall–Kier alpha value is -1.92. The van der Waals surface area contributed by atoms with Gasteiger partial charge in [0.1, 0.15) is 18.8 Å². The molecule has 0 saturated heterocycles. The zero-order valence-corrected chi connectivity index (χ0v) is 17.9. The number of esters is 2. The Morgan fingerprint density at radius 1 is 1.00 bits per heavy atom. The molecular formula is C22H36O6. The van der Waals surface area contributed by atoms with E-state index in [1.807, 2.05) is 26.0 Å². The van der Waals surface area contributed by atoms with E-state index < -0.39 is 17.2 Å². The minimum Gasteiger partial charge on any atom is -0.462 e. The lowest BCUT2D eigenvalue weighted by Crippen LogP contribution is -2.34. The molecule has 2 N–H and O–H groups in total. The molecule has 1 unspecified atom stereocenters. The summed E-state index contributed by atoms with van der Waals surface area (Å²) in [6, 6.07) is 0. The maximum absolute atomic E-state index is 11.7. The Morgan fingerprint density at radius 3 is 2.14 bits per heavy atom. The lowest BCUT2D eigenvalue weighted by molar-refractivity contribution is -0.153. The van der Waals surface area contributed by atoms with E-state index in [0.29, 0.717) is 19.4 Å². The number of rotatable bonds is 13. The van der Waals surface area contributed by atoms with Crippen molar-refractivity contribution in [3.63, 3.8) is 0 Å². The molecule has 0 aliphatic carbocycles. The molecule has 1 atom stereocenters. The largest absolute Gasteiger partial charge is 0.462 e. The van der Waals surface area contributed by atoms with Crippen LogP contribution in [0.25, 0.3) is 0 Å². The Labute approximate surface area is 168 Å². The van der Waals surface area contributed by atoms with Crippen LogP contribution in [0.3, 0.4) is 0 Å². The van der Waals surface area contributed by atoms with Gasteiger partial charge in [-0.3, -0.25) is 9.59 Å². The summed E-state index contributed by atoms with van der Waals surface area (Å²) in [6.45, 7) is 12.1. The number of aliphatic hydroxyl groups is 2. The Bertz CT molecular complexity index is 582. The van der Waals surface area contributed by atoms with Gasteiger partial charge in [0.25, 0.3) is 0 Å². The van der Waals surface area contributed by atoms with Crippen LogP contribution in [0, 0.1) is 0 Å². The molecule has 0 radical (unpaired) electrons. The maximum atomic E-state index is 11.7. The third-order valence-electron chi connectivity index (χ3n) is 4.04. The second-order valence-corrected chi connectivity index (χ2v) is 7.92. The van der Waals surface area contributed by atoms with Crippen LogP contribution in [-0.4, -0.2) is 46.6 Å². The molecule has 0 aliphatic rings. The maximum Gasteiger partial charge on any atom is 0.308 e. The highest BCUT2D eigenvalue weighted by atomic mass is 16.5. The van der Waals surface area contributed by atoms with Crippen LogP contribution in [0.15, 0.2) is 36.0 Å². The van der Waals surface area contributed by atoms with Crippen LogP contribution in [0.5, 0.6) is 0 Å². The van der Waals surface area contributed by atoms with E-state index in [-0.39, 0.29) is 19.0 Å². The van der Waals surface area contributed by atoms with E-state index in [2.05, 4.69) is 6.58 Å². The highest BCUT2D eigenvalue weighted by Crippen LogP contribution is 2.18. The summed E-state index contributed by atoms with van der Waals surface area (Å²) in [4.78, 5) is 22.5. The predicted molar refractivity (Wildman–Crippen MR) is 110 cm³/mol. The third kappa shape index (κ3) is 14.2. The fourth-order valence-corrected chi connectivity index (χ4v) is 2.33. The van der Waals surface area contributed by atoms with E-state index >= 15 is 0 Å². The first-order valence-electron chi connectivity index (χ1n) is 9.55. The summed E-state index contributed by atoms with van der Waals surface area (Å²) < 4.78 is 10.0. The number of hydrogen-bond donors (Lipinski definition) is 2. The molecule has 0 rings (SSSR count). The van der Waals surface area contributed by atoms with Crippen molar-refractivity contribution in [1.82, 2.24) is 0 Å². The van der Waals surface area contributed by atoms with Crippen LogP contribution in [-0.2, 0) is 19.1 Å². The van der Waals surface area contributed by atoms with Crippen LogP contribution in [0.2, 0.25) is 0 Å². The first kappa shape index (κ1) is 26.1. The van der Waals surface area contributed by atoms with Crippen molar-refractivity contribution in [2.45, 2.75) is 77.9 Å². The molecule has 6 heteroatoms. The number of allylic oxidation sites excluding steroid dienone is 3. The highest BCUT2D eigenvalue weighted by Gasteiger charge is 2.26. The van der Waals surface area contributed by atoms with E-state index in [0.717, 1.165) is 18.4 Å². The van der Waals surface area contributed by atoms with Gasteiger partial charge in [0, 0.05) is 6.92 Å². The van der Waals surface area contributed by atoms with Gasteiger partial charge in [-0.25, -0.2) is 0 Å². The normalized spacial score (nSPS) is 15.0. The first-order chi connectivity index (χ1) is 12.9. The van der Waals surface area contributed by atoms with Gasteiger partial charge in [-0.1, -0.05) is 23.8 Å². The van der Waals surface area contributed by atoms with Gasteiger partial charge in [0.2, 0.25) is 0 Å². The zero-order chi connectivity index (χ0) is 21.8. The molecular weight excluding hydrogens is 360 g/mol. The minimum atomic E-state index is -1.30. The second kappa shape index (κ2) is 12.5. The lowest BCUT2D eigenvalue weighted by atomic mass is 9.97. The SMILES string of the molecule is C=CC(O)(CC/C=C(\C)CC/C=C(\C)COC(C)=O)COC(=O)CC(C)(C)O. The number of ether oxygens (including phenoxy) is 2. The molecule has 0 saturated carbocycles. The van der Waals surface area contributed by atoms with Crippen molar-refractivity contribution >= 4 is 11.9 Å². The second-order valence-electron chi connectivity index (χ2n) is 7.92. The summed E-state index contributed by atoms with van der Waals surface area (Å²) >= 11 is 0. The monoisotopic (exact) mass is 396 g/mol. The van der Waals surface area contributed by atoms with Gasteiger partial charge >= 0.3 is 11.9 Å². The standard InChI is InChI=1S/C22H36O6/c1-7-22(26,16-28-20(24)14-21(5,6)25)13-9-12-17(2)10-8-11-18(3)15-27-19(4)23/h7,11-12,25-26H,1,8-10,13-16H2,2-6H3/b17-12+,18-11+. The highest BCUT2D eigenvalue weighted by molar-refractivity contribution is 5.70. The quantitative estimate of drug-likeness (QED) is 0.365.